The summed E-state index contributed by atoms with van der Waals surface area (Å²) in [5.74, 6) is 1.92. The number of pyridine rings is 1. The fraction of sp³-hybridized carbons (Fsp3) is 0.611. The lowest BCUT2D eigenvalue weighted by molar-refractivity contribution is -0.134. The summed E-state index contributed by atoms with van der Waals surface area (Å²) in [6.45, 7) is 6.75. The normalized spacial score (nSPS) is 24.0. The van der Waals surface area contributed by atoms with Gasteiger partial charge in [0, 0.05) is 32.3 Å². The Kier molecular flexibility index (Phi) is 5.43. The molecule has 3 heterocycles. The van der Waals surface area contributed by atoms with Crippen LogP contribution in [0.2, 0.25) is 0 Å². The molecular formula is C18H25N3O2S. The molecule has 2 atom stereocenters. The Morgan fingerprint density at radius 1 is 1.33 bits per heavy atom. The molecule has 1 aromatic heterocycles. The van der Waals surface area contributed by atoms with Crippen molar-refractivity contribution in [3.05, 3.63) is 18.3 Å². The molecule has 0 aromatic carbocycles. The zero-order valence-corrected chi connectivity index (χ0v) is 15.2. The molecule has 5 nitrogen and oxygen atoms in total. The molecule has 1 aromatic rings. The van der Waals surface area contributed by atoms with Gasteiger partial charge in [0.2, 0.25) is 11.8 Å². The van der Waals surface area contributed by atoms with Crippen LogP contribution >= 0.6 is 11.8 Å². The van der Waals surface area contributed by atoms with Gasteiger partial charge in [0.25, 0.3) is 0 Å². The second-order valence-corrected chi connectivity index (χ2v) is 7.97. The fourth-order valence-electron chi connectivity index (χ4n) is 3.70. The Balaban J connectivity index is 1.55. The molecule has 2 unspecified atom stereocenters. The van der Waals surface area contributed by atoms with Gasteiger partial charge in [0.1, 0.15) is 5.03 Å². The van der Waals surface area contributed by atoms with Crippen molar-refractivity contribution in [2.45, 2.75) is 38.1 Å². The number of hydrogen-bond acceptors (Lipinski definition) is 4. The number of aromatic nitrogens is 1. The molecule has 0 spiro atoms. The highest BCUT2D eigenvalue weighted by atomic mass is 32.2. The highest BCUT2D eigenvalue weighted by Crippen LogP contribution is 2.33. The summed E-state index contributed by atoms with van der Waals surface area (Å²) < 4.78 is 0. The van der Waals surface area contributed by atoms with Gasteiger partial charge in [-0.25, -0.2) is 4.98 Å². The smallest absolute Gasteiger partial charge is 0.237 e. The average Bonchev–Trinajstić information content (AvgIpc) is 2.56. The van der Waals surface area contributed by atoms with E-state index in [1.807, 2.05) is 17.0 Å². The number of carbonyl (C=O) groups excluding carboxylic acids is 2. The van der Waals surface area contributed by atoms with Crippen molar-refractivity contribution >= 4 is 29.3 Å². The second-order valence-electron chi connectivity index (χ2n) is 7.01. The Morgan fingerprint density at radius 3 is 2.83 bits per heavy atom. The van der Waals surface area contributed by atoms with Crippen LogP contribution < -0.4 is 4.90 Å². The van der Waals surface area contributed by atoms with Gasteiger partial charge in [-0.15, -0.1) is 0 Å². The summed E-state index contributed by atoms with van der Waals surface area (Å²) >= 11 is 1.49. The number of rotatable bonds is 4. The number of likely N-dealkylation sites (tertiary alicyclic amines) is 1. The van der Waals surface area contributed by atoms with E-state index < -0.39 is 0 Å². The summed E-state index contributed by atoms with van der Waals surface area (Å²) in [5, 5.41) is 0.905. The lowest BCUT2D eigenvalue weighted by atomic mass is 9.91. The first-order valence-electron chi connectivity index (χ1n) is 8.70. The van der Waals surface area contributed by atoms with Gasteiger partial charge in [-0.3, -0.25) is 9.59 Å². The van der Waals surface area contributed by atoms with Crippen LogP contribution in [0.4, 0.5) is 5.69 Å². The molecule has 2 aliphatic rings. The summed E-state index contributed by atoms with van der Waals surface area (Å²) in [6, 6.07) is 3.79. The van der Waals surface area contributed by atoms with Gasteiger partial charge >= 0.3 is 0 Å². The topological polar surface area (TPSA) is 53.5 Å². The van der Waals surface area contributed by atoms with E-state index in [-0.39, 0.29) is 11.8 Å². The SMILES string of the molecule is CC1CC(C)CN(C(=O)CCCN2C(=O)CSc3ncccc32)C1. The minimum atomic E-state index is 0.105. The van der Waals surface area contributed by atoms with Crippen LogP contribution in [0.25, 0.3) is 0 Å². The molecule has 0 N–H and O–H groups in total. The van der Waals surface area contributed by atoms with Crippen molar-refractivity contribution in [2.24, 2.45) is 11.8 Å². The van der Waals surface area contributed by atoms with Gasteiger partial charge in [-0.2, -0.15) is 0 Å². The number of amides is 2. The minimum absolute atomic E-state index is 0.105. The van der Waals surface area contributed by atoms with Crippen molar-refractivity contribution < 1.29 is 9.59 Å². The van der Waals surface area contributed by atoms with E-state index in [9.17, 15) is 9.59 Å². The van der Waals surface area contributed by atoms with Crippen LogP contribution in [0.1, 0.15) is 33.1 Å². The van der Waals surface area contributed by atoms with E-state index in [0.29, 0.717) is 37.0 Å². The zero-order chi connectivity index (χ0) is 17.1. The van der Waals surface area contributed by atoms with E-state index in [1.54, 1.807) is 11.1 Å². The van der Waals surface area contributed by atoms with E-state index >= 15 is 0 Å². The number of piperidine rings is 1. The first-order chi connectivity index (χ1) is 11.5. The fourth-order valence-corrected chi connectivity index (χ4v) is 4.58. The predicted molar refractivity (Wildman–Crippen MR) is 96.1 cm³/mol. The largest absolute Gasteiger partial charge is 0.342 e. The molecule has 0 bridgehead atoms. The van der Waals surface area contributed by atoms with Crippen LogP contribution in [0.5, 0.6) is 0 Å². The molecule has 3 rings (SSSR count). The summed E-state index contributed by atoms with van der Waals surface area (Å²) in [6.07, 6.45) is 4.16. The molecule has 0 radical (unpaired) electrons. The first-order valence-corrected chi connectivity index (χ1v) is 9.69. The molecule has 0 saturated carbocycles. The maximum atomic E-state index is 12.5. The van der Waals surface area contributed by atoms with E-state index in [1.165, 1.54) is 18.2 Å². The van der Waals surface area contributed by atoms with Crippen molar-refractivity contribution in [3.63, 3.8) is 0 Å². The monoisotopic (exact) mass is 347 g/mol. The molecule has 6 heteroatoms. The summed E-state index contributed by atoms with van der Waals surface area (Å²) in [5.41, 5.74) is 0.881. The van der Waals surface area contributed by atoms with Gasteiger partial charge in [0.15, 0.2) is 0 Å². The third-order valence-electron chi connectivity index (χ3n) is 4.67. The molecular weight excluding hydrogens is 322 g/mol. The molecule has 2 amide bonds. The molecule has 2 aliphatic heterocycles. The first kappa shape index (κ1) is 17.3. The molecule has 1 fully saturated rings. The van der Waals surface area contributed by atoms with Crippen LogP contribution in [-0.4, -0.2) is 47.1 Å². The quantitative estimate of drug-likeness (QED) is 0.840. The number of nitrogens with zero attached hydrogens (tertiary/aromatic N) is 3. The van der Waals surface area contributed by atoms with Gasteiger partial charge in [0.05, 0.1) is 11.4 Å². The second kappa shape index (κ2) is 7.55. The maximum absolute atomic E-state index is 12.5. The van der Waals surface area contributed by atoms with Gasteiger partial charge in [-0.1, -0.05) is 25.6 Å². The third-order valence-corrected chi connectivity index (χ3v) is 5.65. The van der Waals surface area contributed by atoms with Crippen molar-refractivity contribution in [1.82, 2.24) is 9.88 Å². The summed E-state index contributed by atoms with van der Waals surface area (Å²) in [7, 11) is 0. The zero-order valence-electron chi connectivity index (χ0n) is 14.4. The number of hydrogen-bond donors (Lipinski definition) is 0. The molecule has 0 aliphatic carbocycles. The predicted octanol–water partition coefficient (Wildman–Crippen LogP) is 2.81. The lowest BCUT2D eigenvalue weighted by Gasteiger charge is -2.35. The highest BCUT2D eigenvalue weighted by molar-refractivity contribution is 8.00. The summed E-state index contributed by atoms with van der Waals surface area (Å²) in [4.78, 5) is 32.8. The number of fused-ring (bicyclic) bond motifs is 1. The number of anilines is 1. The Bertz CT molecular complexity index is 612. The van der Waals surface area contributed by atoms with Gasteiger partial charge in [-0.05, 0) is 36.8 Å². The van der Waals surface area contributed by atoms with E-state index in [0.717, 1.165) is 23.8 Å². The highest BCUT2D eigenvalue weighted by Gasteiger charge is 2.27. The third kappa shape index (κ3) is 3.91. The van der Waals surface area contributed by atoms with Crippen molar-refractivity contribution in [3.8, 4) is 0 Å². The van der Waals surface area contributed by atoms with Gasteiger partial charge < -0.3 is 9.80 Å². The van der Waals surface area contributed by atoms with E-state index in [4.69, 9.17) is 0 Å². The van der Waals surface area contributed by atoms with Crippen LogP contribution in [-0.2, 0) is 9.59 Å². The standard InChI is InChI=1S/C18H25N3O2S/c1-13-9-14(2)11-20(10-13)16(22)6-4-8-21-15-5-3-7-19-18(15)24-12-17(21)23/h3,5,7,13-14H,4,6,8-12H2,1-2H3. The molecule has 24 heavy (non-hydrogen) atoms. The van der Waals surface area contributed by atoms with Crippen LogP contribution in [0.15, 0.2) is 23.4 Å². The number of thioether (sulfide) groups is 1. The Labute approximate surface area is 147 Å². The lowest BCUT2D eigenvalue weighted by Crippen LogP contribution is -2.43. The maximum Gasteiger partial charge on any atom is 0.237 e. The van der Waals surface area contributed by atoms with Crippen LogP contribution in [0, 0.1) is 11.8 Å². The Morgan fingerprint density at radius 2 is 2.08 bits per heavy atom. The molecule has 130 valence electrons. The minimum Gasteiger partial charge on any atom is -0.342 e. The molecule has 1 saturated heterocycles. The average molecular weight is 347 g/mol. The number of carbonyl (C=O) groups is 2. The van der Waals surface area contributed by atoms with Crippen molar-refractivity contribution in [2.75, 3.05) is 30.3 Å². The van der Waals surface area contributed by atoms with Crippen molar-refractivity contribution in [1.29, 1.82) is 0 Å². The Hall–Kier alpha value is -1.56. The van der Waals surface area contributed by atoms with Crippen LogP contribution in [0.3, 0.4) is 0 Å². The van der Waals surface area contributed by atoms with E-state index in [2.05, 4.69) is 18.8 Å².